The van der Waals surface area contributed by atoms with Crippen LogP contribution in [0.25, 0.3) is 0 Å². The third-order valence-corrected chi connectivity index (χ3v) is 6.23. The number of hydrogen-bond acceptors (Lipinski definition) is 4. The summed E-state index contributed by atoms with van der Waals surface area (Å²) < 4.78 is 0. The highest BCUT2D eigenvalue weighted by Crippen LogP contribution is 2.28. The van der Waals surface area contributed by atoms with E-state index in [9.17, 15) is 10.1 Å². The van der Waals surface area contributed by atoms with Crippen LogP contribution >= 0.6 is 11.6 Å². The van der Waals surface area contributed by atoms with E-state index in [0.717, 1.165) is 29.3 Å². The Kier molecular flexibility index (Phi) is 10.3. The van der Waals surface area contributed by atoms with E-state index >= 15 is 0 Å². The van der Waals surface area contributed by atoms with Crippen LogP contribution in [0.2, 0.25) is 5.02 Å². The number of aryl methyl sites for hydroxylation is 2. The quantitative estimate of drug-likeness (QED) is 0.168. The third-order valence-electron chi connectivity index (χ3n) is 5.98. The molecule has 1 aliphatic heterocycles. The number of nitrogens with zero attached hydrogens (tertiary/aromatic N) is 4. The van der Waals surface area contributed by atoms with Crippen LogP contribution < -0.4 is 10.6 Å². The van der Waals surface area contributed by atoms with Crippen molar-refractivity contribution in [2.45, 2.75) is 26.8 Å². The minimum atomic E-state index is -0.833. The Hall–Kier alpha value is -4.55. The van der Waals surface area contributed by atoms with E-state index in [1.54, 1.807) is 24.3 Å². The summed E-state index contributed by atoms with van der Waals surface area (Å²) in [7, 11) is 0. The topological polar surface area (TPSA) is 121 Å². The predicted octanol–water partition coefficient (Wildman–Crippen LogP) is 5.70. The predicted molar refractivity (Wildman–Crippen MR) is 153 cm³/mol. The Bertz CT molecular complexity index is 1350. The number of piperazine rings is 1. The van der Waals surface area contributed by atoms with Gasteiger partial charge in [-0.1, -0.05) is 54.1 Å². The molecule has 1 unspecified atom stereocenters. The van der Waals surface area contributed by atoms with Crippen molar-refractivity contribution in [1.29, 1.82) is 5.26 Å². The van der Waals surface area contributed by atoms with Gasteiger partial charge in [0.25, 0.3) is 5.97 Å². The van der Waals surface area contributed by atoms with E-state index in [1.807, 2.05) is 78.4 Å². The lowest BCUT2D eigenvalue weighted by atomic mass is 10.0. The number of benzene rings is 3. The number of nitrogens with one attached hydrogen (secondary N) is 2. The fourth-order valence-electron chi connectivity index (χ4n) is 4.09. The summed E-state index contributed by atoms with van der Waals surface area (Å²) in [5.41, 5.74) is 4.61. The number of amides is 2. The maximum absolute atomic E-state index is 13.3. The SMILES string of the molecule is CC(=O)O.Cc1ccc(C)c(N=C(NC#N)N2CCN(C(=O)Nc3ccc(Cl)cc3)C(c3ccccc3)C2)c1. The van der Waals surface area contributed by atoms with Crippen LogP contribution in [0.15, 0.2) is 77.8 Å². The number of urea groups is 1. The van der Waals surface area contributed by atoms with Crippen molar-refractivity contribution in [3.63, 3.8) is 0 Å². The minimum Gasteiger partial charge on any atom is -0.481 e. The molecule has 1 fully saturated rings. The first-order valence-corrected chi connectivity index (χ1v) is 12.7. The second-order valence-corrected chi connectivity index (χ2v) is 9.42. The number of carbonyl (C=O) groups is 2. The van der Waals surface area contributed by atoms with Crippen molar-refractivity contribution in [3.05, 3.63) is 94.5 Å². The summed E-state index contributed by atoms with van der Waals surface area (Å²) in [5, 5.41) is 23.2. The molecule has 39 heavy (non-hydrogen) atoms. The van der Waals surface area contributed by atoms with Gasteiger partial charge in [0.15, 0.2) is 6.19 Å². The van der Waals surface area contributed by atoms with Crippen LogP contribution in [0.5, 0.6) is 0 Å². The van der Waals surface area contributed by atoms with Crippen molar-refractivity contribution >= 4 is 40.9 Å². The summed E-state index contributed by atoms with van der Waals surface area (Å²) >= 11 is 5.98. The van der Waals surface area contributed by atoms with Crippen LogP contribution in [-0.4, -0.2) is 52.5 Å². The Balaban J connectivity index is 0.000000983. The molecule has 1 aliphatic rings. The second kappa shape index (κ2) is 13.8. The van der Waals surface area contributed by atoms with E-state index in [1.165, 1.54) is 0 Å². The number of aliphatic carboxylic acids is 1. The van der Waals surface area contributed by atoms with E-state index in [-0.39, 0.29) is 12.1 Å². The number of carbonyl (C=O) groups excluding carboxylic acids is 1. The fourth-order valence-corrected chi connectivity index (χ4v) is 4.22. The number of guanidine groups is 1. The van der Waals surface area contributed by atoms with Gasteiger partial charge in [0.1, 0.15) is 0 Å². The molecule has 3 aromatic carbocycles. The lowest BCUT2D eigenvalue weighted by Gasteiger charge is -2.42. The van der Waals surface area contributed by atoms with Crippen LogP contribution in [0.1, 0.15) is 29.7 Å². The van der Waals surface area contributed by atoms with Gasteiger partial charge in [-0.25, -0.2) is 9.79 Å². The summed E-state index contributed by atoms with van der Waals surface area (Å²) in [6, 6.07) is 22.6. The van der Waals surface area contributed by atoms with Gasteiger partial charge in [-0.2, -0.15) is 5.26 Å². The molecule has 1 heterocycles. The average Bonchev–Trinajstić information content (AvgIpc) is 2.91. The first-order valence-electron chi connectivity index (χ1n) is 12.3. The van der Waals surface area contributed by atoms with Gasteiger partial charge in [0, 0.05) is 37.3 Å². The molecule has 0 aliphatic carbocycles. The van der Waals surface area contributed by atoms with Gasteiger partial charge in [-0.05, 0) is 60.9 Å². The minimum absolute atomic E-state index is 0.193. The molecule has 9 nitrogen and oxygen atoms in total. The number of carboxylic acid groups (broad SMARTS) is 1. The Morgan fingerprint density at radius 3 is 2.36 bits per heavy atom. The molecule has 2 amide bonds. The van der Waals surface area contributed by atoms with Gasteiger partial charge < -0.3 is 20.2 Å². The van der Waals surface area contributed by atoms with Crippen molar-refractivity contribution in [3.8, 4) is 6.19 Å². The highest BCUT2D eigenvalue weighted by atomic mass is 35.5. The number of rotatable bonds is 3. The molecule has 0 spiro atoms. The van der Waals surface area contributed by atoms with E-state index in [2.05, 4.69) is 10.6 Å². The highest BCUT2D eigenvalue weighted by Gasteiger charge is 2.33. The molecule has 0 radical (unpaired) electrons. The largest absolute Gasteiger partial charge is 0.481 e. The van der Waals surface area contributed by atoms with Gasteiger partial charge in [0.05, 0.1) is 11.7 Å². The molecule has 1 saturated heterocycles. The molecule has 1 atom stereocenters. The monoisotopic (exact) mass is 546 g/mol. The van der Waals surface area contributed by atoms with Crippen LogP contribution in [0.4, 0.5) is 16.2 Å². The summed E-state index contributed by atoms with van der Waals surface area (Å²) in [6.45, 7) is 6.55. The van der Waals surface area contributed by atoms with E-state index in [4.69, 9.17) is 26.5 Å². The maximum Gasteiger partial charge on any atom is 0.322 e. The first-order chi connectivity index (χ1) is 18.7. The lowest BCUT2D eigenvalue weighted by Crippen LogP contribution is -2.55. The highest BCUT2D eigenvalue weighted by molar-refractivity contribution is 6.30. The maximum atomic E-state index is 13.3. The molecular formula is C29H31ClN6O3. The lowest BCUT2D eigenvalue weighted by molar-refractivity contribution is -0.134. The first kappa shape index (κ1) is 29.0. The average molecular weight is 547 g/mol. The van der Waals surface area contributed by atoms with E-state index in [0.29, 0.717) is 36.3 Å². The van der Waals surface area contributed by atoms with Crippen molar-refractivity contribution in [1.82, 2.24) is 15.1 Å². The molecule has 0 bridgehead atoms. The molecular weight excluding hydrogens is 516 g/mol. The molecule has 0 saturated carbocycles. The number of hydrogen-bond donors (Lipinski definition) is 3. The number of carboxylic acids is 1. The molecule has 3 aromatic rings. The van der Waals surface area contributed by atoms with Crippen molar-refractivity contribution in [2.24, 2.45) is 4.99 Å². The van der Waals surface area contributed by atoms with Gasteiger partial charge in [0.2, 0.25) is 5.96 Å². The second-order valence-electron chi connectivity index (χ2n) is 8.98. The van der Waals surface area contributed by atoms with Crippen LogP contribution in [0.3, 0.4) is 0 Å². The Labute approximate surface area is 233 Å². The zero-order valence-electron chi connectivity index (χ0n) is 22.1. The molecule has 0 aromatic heterocycles. The zero-order chi connectivity index (χ0) is 28.4. The van der Waals surface area contributed by atoms with Crippen LogP contribution in [-0.2, 0) is 4.79 Å². The van der Waals surface area contributed by atoms with Gasteiger partial charge in [-0.3, -0.25) is 10.1 Å². The molecule has 3 N–H and O–H groups in total. The zero-order valence-corrected chi connectivity index (χ0v) is 22.8. The van der Waals surface area contributed by atoms with Crippen molar-refractivity contribution in [2.75, 3.05) is 25.0 Å². The fraction of sp³-hybridized carbons (Fsp3) is 0.241. The molecule has 202 valence electrons. The molecule has 10 heteroatoms. The van der Waals surface area contributed by atoms with Gasteiger partial charge in [-0.15, -0.1) is 0 Å². The third kappa shape index (κ3) is 8.48. The number of nitriles is 1. The summed E-state index contributed by atoms with van der Waals surface area (Å²) in [4.78, 5) is 30.9. The van der Waals surface area contributed by atoms with Crippen molar-refractivity contribution < 1.29 is 14.7 Å². The van der Waals surface area contributed by atoms with Gasteiger partial charge >= 0.3 is 6.03 Å². The number of halogens is 1. The Morgan fingerprint density at radius 1 is 1.05 bits per heavy atom. The smallest absolute Gasteiger partial charge is 0.322 e. The normalized spacial score (nSPS) is 14.9. The number of anilines is 1. The number of aliphatic imine (C=N–C) groups is 1. The van der Waals surface area contributed by atoms with E-state index < -0.39 is 5.97 Å². The summed E-state index contributed by atoms with van der Waals surface area (Å²) in [5.74, 6) is -0.361. The summed E-state index contributed by atoms with van der Waals surface area (Å²) in [6.07, 6.45) is 2.02. The Morgan fingerprint density at radius 2 is 1.72 bits per heavy atom. The molecule has 4 rings (SSSR count). The van der Waals surface area contributed by atoms with Crippen LogP contribution in [0, 0.1) is 25.3 Å². The standard InChI is InChI=1S/C27H27ClN6O.C2H4O2/c1-19-8-9-20(2)24(16-19)32-26(30-18-29)33-14-15-34(25(17-33)21-6-4-3-5-7-21)27(35)31-23-12-10-22(28)11-13-23;1-2(3)4/h3-13,16,25H,14-15,17H2,1-2H3,(H,30,32)(H,31,35);1H3,(H,3,4).